The molecule has 4 rings (SSSR count). The van der Waals surface area contributed by atoms with Crippen molar-refractivity contribution < 1.29 is 14.3 Å². The van der Waals surface area contributed by atoms with Crippen LogP contribution in [0, 0.1) is 13.8 Å². The van der Waals surface area contributed by atoms with E-state index in [2.05, 4.69) is 17.4 Å². The monoisotopic (exact) mass is 411 g/mol. The second-order valence-corrected chi connectivity index (χ2v) is 7.53. The van der Waals surface area contributed by atoms with Crippen LogP contribution in [0.5, 0.6) is 11.5 Å². The highest BCUT2D eigenvalue weighted by Crippen LogP contribution is 2.26. The SMILES string of the molecule is COc1ccc(C(=O)Nc2cccc(C)c2C)cc1COc1ccc2ccccc2c1. The lowest BCUT2D eigenvalue weighted by Crippen LogP contribution is -2.14. The lowest BCUT2D eigenvalue weighted by Gasteiger charge is -2.14. The molecule has 0 aliphatic carbocycles. The second-order valence-electron chi connectivity index (χ2n) is 7.53. The molecule has 0 spiro atoms. The van der Waals surface area contributed by atoms with Crippen molar-refractivity contribution in [3.05, 3.63) is 101 Å². The predicted octanol–water partition coefficient (Wildman–Crippen LogP) is 6.30. The maximum absolute atomic E-state index is 12.9. The maximum Gasteiger partial charge on any atom is 0.255 e. The van der Waals surface area contributed by atoms with Crippen LogP contribution in [-0.4, -0.2) is 13.0 Å². The summed E-state index contributed by atoms with van der Waals surface area (Å²) in [6.45, 7) is 4.33. The highest BCUT2D eigenvalue weighted by molar-refractivity contribution is 6.05. The third-order valence-corrected chi connectivity index (χ3v) is 5.51. The molecule has 0 radical (unpaired) electrons. The van der Waals surface area contributed by atoms with Crippen LogP contribution in [0.2, 0.25) is 0 Å². The first-order valence-electron chi connectivity index (χ1n) is 10.2. The fraction of sp³-hybridized carbons (Fsp3) is 0.148. The zero-order valence-electron chi connectivity index (χ0n) is 17.9. The molecule has 0 fully saturated rings. The molecule has 0 saturated carbocycles. The lowest BCUT2D eigenvalue weighted by molar-refractivity contribution is 0.102. The Bertz CT molecular complexity index is 1250. The molecule has 0 unspecified atom stereocenters. The van der Waals surface area contributed by atoms with Gasteiger partial charge in [-0.15, -0.1) is 0 Å². The molecule has 0 heterocycles. The quantitative estimate of drug-likeness (QED) is 0.405. The number of methoxy groups -OCH3 is 1. The van der Waals surface area contributed by atoms with Crippen LogP contribution in [0.15, 0.2) is 78.9 Å². The van der Waals surface area contributed by atoms with Crippen LogP contribution in [-0.2, 0) is 6.61 Å². The molecule has 156 valence electrons. The van der Waals surface area contributed by atoms with Crippen molar-refractivity contribution in [2.75, 3.05) is 12.4 Å². The van der Waals surface area contributed by atoms with Crippen LogP contribution in [0.3, 0.4) is 0 Å². The highest BCUT2D eigenvalue weighted by Gasteiger charge is 2.13. The summed E-state index contributed by atoms with van der Waals surface area (Å²) in [6, 6.07) is 25.4. The Balaban J connectivity index is 1.53. The summed E-state index contributed by atoms with van der Waals surface area (Å²) >= 11 is 0. The Kier molecular flexibility index (Phi) is 5.89. The molecule has 31 heavy (non-hydrogen) atoms. The topological polar surface area (TPSA) is 47.6 Å². The van der Waals surface area contributed by atoms with Crippen LogP contribution in [0.25, 0.3) is 10.8 Å². The minimum Gasteiger partial charge on any atom is -0.496 e. The van der Waals surface area contributed by atoms with Gasteiger partial charge in [-0.3, -0.25) is 4.79 Å². The summed E-state index contributed by atoms with van der Waals surface area (Å²) in [4.78, 5) is 12.9. The fourth-order valence-corrected chi connectivity index (χ4v) is 3.53. The number of fused-ring (bicyclic) bond motifs is 1. The molecule has 1 amide bonds. The normalized spacial score (nSPS) is 10.7. The van der Waals surface area contributed by atoms with E-state index in [9.17, 15) is 4.79 Å². The van der Waals surface area contributed by atoms with E-state index in [1.165, 1.54) is 0 Å². The Morgan fingerprint density at radius 1 is 0.871 bits per heavy atom. The molecule has 0 aromatic heterocycles. The Hall–Kier alpha value is -3.79. The van der Waals surface area contributed by atoms with Crippen LogP contribution in [0.1, 0.15) is 27.0 Å². The smallest absolute Gasteiger partial charge is 0.255 e. The van der Waals surface area contributed by atoms with E-state index < -0.39 is 0 Å². The number of benzene rings is 4. The van der Waals surface area contributed by atoms with Crippen LogP contribution < -0.4 is 14.8 Å². The molecule has 0 aliphatic heterocycles. The van der Waals surface area contributed by atoms with Crippen molar-refractivity contribution in [3.8, 4) is 11.5 Å². The summed E-state index contributed by atoms with van der Waals surface area (Å²) in [7, 11) is 1.62. The van der Waals surface area contributed by atoms with Crippen molar-refractivity contribution >= 4 is 22.4 Å². The first-order chi connectivity index (χ1) is 15.0. The third-order valence-electron chi connectivity index (χ3n) is 5.51. The molecule has 4 heteroatoms. The zero-order valence-corrected chi connectivity index (χ0v) is 17.9. The molecule has 0 aliphatic rings. The zero-order chi connectivity index (χ0) is 21.8. The molecular weight excluding hydrogens is 386 g/mol. The van der Waals surface area contributed by atoms with E-state index in [0.717, 1.165) is 38.9 Å². The molecule has 0 atom stereocenters. The predicted molar refractivity (Wildman–Crippen MR) is 125 cm³/mol. The number of hydrogen-bond donors (Lipinski definition) is 1. The maximum atomic E-state index is 12.9. The molecule has 4 nitrogen and oxygen atoms in total. The average Bonchev–Trinajstić information content (AvgIpc) is 2.80. The van der Waals surface area contributed by atoms with Gasteiger partial charge in [0.2, 0.25) is 0 Å². The van der Waals surface area contributed by atoms with Gasteiger partial charge < -0.3 is 14.8 Å². The molecule has 0 saturated heterocycles. The van der Waals surface area contributed by atoms with Gasteiger partial charge in [-0.1, -0.05) is 42.5 Å². The van der Waals surface area contributed by atoms with E-state index in [-0.39, 0.29) is 5.91 Å². The number of aryl methyl sites for hydroxylation is 1. The molecule has 4 aromatic rings. The summed E-state index contributed by atoms with van der Waals surface area (Å²) in [5.41, 5.74) is 4.37. The van der Waals surface area contributed by atoms with Crippen molar-refractivity contribution in [1.82, 2.24) is 0 Å². The molecule has 1 N–H and O–H groups in total. The minimum atomic E-state index is -0.164. The van der Waals surface area contributed by atoms with E-state index in [0.29, 0.717) is 17.9 Å². The molecular formula is C27H25NO3. The second kappa shape index (κ2) is 8.92. The Labute approximate surface area is 182 Å². The van der Waals surface area contributed by atoms with Gasteiger partial charge in [0.05, 0.1) is 7.11 Å². The number of amides is 1. The number of hydrogen-bond acceptors (Lipinski definition) is 3. The summed E-state index contributed by atoms with van der Waals surface area (Å²) in [5.74, 6) is 1.29. The minimum absolute atomic E-state index is 0.164. The number of nitrogens with one attached hydrogen (secondary N) is 1. The first kappa shape index (κ1) is 20.5. The number of carbonyl (C=O) groups excluding carboxylic acids is 1. The van der Waals surface area contributed by atoms with Gasteiger partial charge in [0.15, 0.2) is 0 Å². The lowest BCUT2D eigenvalue weighted by atomic mass is 10.1. The van der Waals surface area contributed by atoms with Crippen LogP contribution >= 0.6 is 0 Å². The van der Waals surface area contributed by atoms with Gasteiger partial charge in [-0.25, -0.2) is 0 Å². The number of rotatable bonds is 6. The summed E-state index contributed by atoms with van der Waals surface area (Å²) < 4.78 is 11.5. The van der Waals surface area contributed by atoms with Crippen LogP contribution in [0.4, 0.5) is 5.69 Å². The van der Waals surface area contributed by atoms with Crippen molar-refractivity contribution in [2.45, 2.75) is 20.5 Å². The number of anilines is 1. The van der Waals surface area contributed by atoms with E-state index in [1.807, 2.05) is 68.4 Å². The van der Waals surface area contributed by atoms with Crippen molar-refractivity contribution in [1.29, 1.82) is 0 Å². The van der Waals surface area contributed by atoms with Crippen molar-refractivity contribution in [3.63, 3.8) is 0 Å². The van der Waals surface area contributed by atoms with Gasteiger partial charge >= 0.3 is 0 Å². The highest BCUT2D eigenvalue weighted by atomic mass is 16.5. The van der Waals surface area contributed by atoms with Gasteiger partial charge in [-0.2, -0.15) is 0 Å². The molecule has 4 aromatic carbocycles. The van der Waals surface area contributed by atoms with E-state index >= 15 is 0 Å². The van der Waals surface area contributed by atoms with Crippen molar-refractivity contribution in [2.24, 2.45) is 0 Å². The average molecular weight is 412 g/mol. The van der Waals surface area contributed by atoms with Gasteiger partial charge in [-0.05, 0) is 72.1 Å². The standard InChI is InChI=1S/C27H25NO3/c1-18-7-6-10-25(19(18)2)28-27(29)22-12-14-26(30-3)23(15-22)17-31-24-13-11-20-8-4-5-9-21(20)16-24/h4-16H,17H2,1-3H3,(H,28,29). The fourth-order valence-electron chi connectivity index (χ4n) is 3.53. The van der Waals surface area contributed by atoms with Gasteiger partial charge in [0.25, 0.3) is 5.91 Å². The van der Waals surface area contributed by atoms with E-state index in [4.69, 9.17) is 9.47 Å². The largest absolute Gasteiger partial charge is 0.496 e. The Morgan fingerprint density at radius 3 is 2.48 bits per heavy atom. The van der Waals surface area contributed by atoms with E-state index in [1.54, 1.807) is 19.2 Å². The number of ether oxygens (including phenoxy) is 2. The first-order valence-corrected chi connectivity index (χ1v) is 10.2. The Morgan fingerprint density at radius 2 is 1.68 bits per heavy atom. The molecule has 0 bridgehead atoms. The number of carbonyl (C=O) groups is 1. The van der Waals surface area contributed by atoms with Gasteiger partial charge in [0.1, 0.15) is 18.1 Å². The third kappa shape index (κ3) is 4.53. The summed E-state index contributed by atoms with van der Waals surface area (Å²) in [5, 5.41) is 5.29. The van der Waals surface area contributed by atoms with Gasteiger partial charge in [0, 0.05) is 16.8 Å². The summed E-state index contributed by atoms with van der Waals surface area (Å²) in [6.07, 6.45) is 0.